The second-order valence-electron chi connectivity index (χ2n) is 7.29. The molecule has 120 valence electrons. The molecule has 21 heavy (non-hydrogen) atoms. The molecule has 3 unspecified atom stereocenters. The second kappa shape index (κ2) is 5.95. The Morgan fingerprint density at radius 1 is 1.29 bits per heavy atom. The Balaban J connectivity index is 2.25. The van der Waals surface area contributed by atoms with Crippen molar-refractivity contribution in [3.63, 3.8) is 0 Å². The zero-order chi connectivity index (χ0) is 15.8. The summed E-state index contributed by atoms with van der Waals surface area (Å²) in [5, 5.41) is 2.89. The number of hydrogen-bond acceptors (Lipinski definition) is 3. The van der Waals surface area contributed by atoms with E-state index in [2.05, 4.69) is 5.32 Å². The van der Waals surface area contributed by atoms with Crippen LogP contribution in [0.25, 0.3) is 0 Å². The molecule has 5 nitrogen and oxygen atoms in total. The van der Waals surface area contributed by atoms with Gasteiger partial charge in [-0.25, -0.2) is 0 Å². The third-order valence-electron chi connectivity index (χ3n) is 4.55. The highest BCUT2D eigenvalue weighted by Crippen LogP contribution is 2.30. The minimum Gasteiger partial charge on any atom is -0.373 e. The predicted octanol–water partition coefficient (Wildman–Crippen LogP) is 1.56. The summed E-state index contributed by atoms with van der Waals surface area (Å²) in [6, 6.07) is -0.814. The summed E-state index contributed by atoms with van der Waals surface area (Å²) in [5.74, 6) is 0.173. The van der Waals surface area contributed by atoms with Crippen LogP contribution in [-0.2, 0) is 14.3 Å². The number of hydrogen-bond donors (Lipinski definition) is 1. The molecule has 0 spiro atoms. The van der Waals surface area contributed by atoms with Crippen molar-refractivity contribution in [3.05, 3.63) is 0 Å². The maximum Gasteiger partial charge on any atom is 0.246 e. The van der Waals surface area contributed by atoms with Gasteiger partial charge in [0.1, 0.15) is 12.1 Å². The Morgan fingerprint density at radius 2 is 1.95 bits per heavy atom. The molecule has 5 heteroatoms. The zero-order valence-electron chi connectivity index (χ0n) is 13.8. The van der Waals surface area contributed by atoms with Gasteiger partial charge >= 0.3 is 0 Å². The van der Waals surface area contributed by atoms with Crippen LogP contribution in [-0.4, -0.2) is 47.6 Å². The lowest BCUT2D eigenvalue weighted by molar-refractivity contribution is -0.156. The van der Waals surface area contributed by atoms with Gasteiger partial charge in [-0.05, 0) is 31.6 Å². The first-order chi connectivity index (χ1) is 9.75. The van der Waals surface area contributed by atoms with Gasteiger partial charge in [-0.1, -0.05) is 27.7 Å². The molecule has 2 saturated heterocycles. The van der Waals surface area contributed by atoms with E-state index in [1.807, 2.05) is 34.6 Å². The SMILES string of the molecule is CC(C)C1NC(=O)C(C(C)C)N(CC2(C)CCCO2)C1=O. The fourth-order valence-electron chi connectivity index (χ4n) is 3.37. The Morgan fingerprint density at radius 3 is 2.43 bits per heavy atom. The van der Waals surface area contributed by atoms with Crippen molar-refractivity contribution in [2.24, 2.45) is 11.8 Å². The van der Waals surface area contributed by atoms with E-state index in [0.717, 1.165) is 19.4 Å². The van der Waals surface area contributed by atoms with Crippen LogP contribution in [0.4, 0.5) is 0 Å². The van der Waals surface area contributed by atoms with E-state index in [9.17, 15) is 9.59 Å². The lowest BCUT2D eigenvalue weighted by Gasteiger charge is -2.44. The second-order valence-corrected chi connectivity index (χ2v) is 7.29. The van der Waals surface area contributed by atoms with E-state index in [-0.39, 0.29) is 29.3 Å². The molecule has 2 heterocycles. The molecular weight excluding hydrogens is 268 g/mol. The van der Waals surface area contributed by atoms with Crippen LogP contribution in [0.2, 0.25) is 0 Å². The lowest BCUT2D eigenvalue weighted by atomic mass is 9.90. The minimum absolute atomic E-state index is 0.0278. The van der Waals surface area contributed by atoms with Crippen molar-refractivity contribution in [1.29, 1.82) is 0 Å². The van der Waals surface area contributed by atoms with Gasteiger partial charge in [-0.3, -0.25) is 9.59 Å². The highest BCUT2D eigenvalue weighted by atomic mass is 16.5. The third kappa shape index (κ3) is 3.23. The number of piperazine rings is 1. The molecule has 2 aliphatic rings. The summed E-state index contributed by atoms with van der Waals surface area (Å²) < 4.78 is 5.82. The molecule has 0 radical (unpaired) electrons. The molecule has 1 N–H and O–H groups in total. The van der Waals surface area contributed by atoms with E-state index in [0.29, 0.717) is 6.54 Å². The normalized spacial score (nSPS) is 34.0. The number of rotatable bonds is 4. The Kier molecular flexibility index (Phi) is 4.61. The monoisotopic (exact) mass is 296 g/mol. The van der Waals surface area contributed by atoms with Crippen LogP contribution in [0.1, 0.15) is 47.5 Å². The van der Waals surface area contributed by atoms with E-state index in [1.54, 1.807) is 4.90 Å². The van der Waals surface area contributed by atoms with E-state index < -0.39 is 12.1 Å². The highest BCUT2D eigenvalue weighted by Gasteiger charge is 2.46. The van der Waals surface area contributed by atoms with Crippen LogP contribution in [0.5, 0.6) is 0 Å². The van der Waals surface area contributed by atoms with Gasteiger partial charge in [0.15, 0.2) is 0 Å². The van der Waals surface area contributed by atoms with Crippen molar-refractivity contribution < 1.29 is 14.3 Å². The maximum atomic E-state index is 12.8. The molecule has 2 fully saturated rings. The molecule has 0 bridgehead atoms. The average Bonchev–Trinajstić information content (AvgIpc) is 2.79. The summed E-state index contributed by atoms with van der Waals surface area (Å²) in [6.07, 6.45) is 1.96. The Labute approximate surface area is 127 Å². The molecule has 0 aromatic heterocycles. The predicted molar refractivity (Wildman–Crippen MR) is 80.7 cm³/mol. The van der Waals surface area contributed by atoms with Gasteiger partial charge in [0, 0.05) is 6.61 Å². The smallest absolute Gasteiger partial charge is 0.246 e. The van der Waals surface area contributed by atoms with Gasteiger partial charge in [0.05, 0.1) is 12.1 Å². The van der Waals surface area contributed by atoms with Gasteiger partial charge in [-0.2, -0.15) is 0 Å². The summed E-state index contributed by atoms with van der Waals surface area (Å²) >= 11 is 0. The molecule has 0 aromatic carbocycles. The number of ether oxygens (including phenoxy) is 1. The highest BCUT2D eigenvalue weighted by molar-refractivity contribution is 5.97. The average molecular weight is 296 g/mol. The summed E-state index contributed by atoms with van der Waals surface area (Å²) in [5.41, 5.74) is -0.318. The maximum absolute atomic E-state index is 12.8. The number of carbonyl (C=O) groups is 2. The molecular formula is C16H28N2O3. The molecule has 2 aliphatic heterocycles. The van der Waals surface area contributed by atoms with Crippen LogP contribution >= 0.6 is 0 Å². The first-order valence-electron chi connectivity index (χ1n) is 8.00. The molecule has 0 saturated carbocycles. The molecule has 2 amide bonds. The quantitative estimate of drug-likeness (QED) is 0.856. The topological polar surface area (TPSA) is 58.6 Å². The van der Waals surface area contributed by atoms with Crippen molar-refractivity contribution in [3.8, 4) is 0 Å². The zero-order valence-corrected chi connectivity index (χ0v) is 13.8. The van der Waals surface area contributed by atoms with Crippen molar-refractivity contribution in [1.82, 2.24) is 10.2 Å². The fourth-order valence-corrected chi connectivity index (χ4v) is 3.37. The third-order valence-corrected chi connectivity index (χ3v) is 4.55. The van der Waals surface area contributed by atoms with Crippen molar-refractivity contribution in [2.75, 3.05) is 13.2 Å². The van der Waals surface area contributed by atoms with Crippen LogP contribution in [0.15, 0.2) is 0 Å². The molecule has 0 aliphatic carbocycles. The van der Waals surface area contributed by atoms with Crippen molar-refractivity contribution >= 4 is 11.8 Å². The van der Waals surface area contributed by atoms with Gasteiger partial charge in [0.25, 0.3) is 0 Å². The standard InChI is InChI=1S/C16H28N2O3/c1-10(2)12-15(20)18(9-16(5)7-6-8-21-16)13(11(3)4)14(19)17-12/h10-13H,6-9H2,1-5H3,(H,17,19). The number of amides is 2. The molecule has 3 atom stereocenters. The van der Waals surface area contributed by atoms with Gasteiger partial charge in [0.2, 0.25) is 11.8 Å². The number of nitrogens with zero attached hydrogens (tertiary/aromatic N) is 1. The van der Waals surface area contributed by atoms with Gasteiger partial charge in [-0.15, -0.1) is 0 Å². The van der Waals surface area contributed by atoms with E-state index >= 15 is 0 Å². The summed E-state index contributed by atoms with van der Waals surface area (Å²) in [6.45, 7) is 11.2. The van der Waals surface area contributed by atoms with E-state index in [4.69, 9.17) is 4.74 Å². The molecule has 2 rings (SSSR count). The Hall–Kier alpha value is -1.10. The summed E-state index contributed by atoms with van der Waals surface area (Å²) in [7, 11) is 0. The van der Waals surface area contributed by atoms with Crippen molar-refractivity contribution in [2.45, 2.75) is 65.1 Å². The first-order valence-corrected chi connectivity index (χ1v) is 8.00. The van der Waals surface area contributed by atoms with Crippen LogP contribution in [0.3, 0.4) is 0 Å². The Bertz CT molecular complexity index is 414. The first kappa shape index (κ1) is 16.3. The van der Waals surface area contributed by atoms with Crippen LogP contribution < -0.4 is 5.32 Å². The largest absolute Gasteiger partial charge is 0.373 e. The molecule has 0 aromatic rings. The van der Waals surface area contributed by atoms with Crippen LogP contribution in [0, 0.1) is 11.8 Å². The summed E-state index contributed by atoms with van der Waals surface area (Å²) in [4.78, 5) is 27.0. The number of carbonyl (C=O) groups excluding carboxylic acids is 2. The fraction of sp³-hybridized carbons (Fsp3) is 0.875. The van der Waals surface area contributed by atoms with Gasteiger partial charge < -0.3 is 15.0 Å². The number of nitrogens with one attached hydrogen (secondary N) is 1. The van der Waals surface area contributed by atoms with E-state index in [1.165, 1.54) is 0 Å². The minimum atomic E-state index is -0.419. The lowest BCUT2D eigenvalue weighted by Crippen LogP contribution is -2.67.